The maximum Gasteiger partial charge on any atom is 0.229 e. The Labute approximate surface area is 194 Å². The summed E-state index contributed by atoms with van der Waals surface area (Å²) in [6, 6.07) is 18.2. The third-order valence-corrected chi connectivity index (χ3v) is 5.88. The molecule has 6 nitrogen and oxygen atoms in total. The fraction of sp³-hybridized carbons (Fsp3) is 0.520. The van der Waals surface area contributed by atoms with E-state index in [9.17, 15) is 8.42 Å². The largest absolute Gasteiger partial charge is 0.379 e. The molecule has 7 heteroatoms. The molecule has 1 atom stereocenters. The summed E-state index contributed by atoms with van der Waals surface area (Å²) in [5, 5.41) is 0. The van der Waals surface area contributed by atoms with Crippen molar-refractivity contribution in [3.63, 3.8) is 0 Å². The maximum absolute atomic E-state index is 11.6. The zero-order valence-corrected chi connectivity index (χ0v) is 20.9. The Morgan fingerprint density at radius 2 is 1.56 bits per heavy atom. The van der Waals surface area contributed by atoms with Crippen molar-refractivity contribution < 1.29 is 13.2 Å². The van der Waals surface area contributed by atoms with Crippen LogP contribution in [0.2, 0.25) is 0 Å². The maximum atomic E-state index is 11.6. The number of likely N-dealkylation sites (N-methyl/N-ethyl adjacent to an activating group) is 1. The molecule has 0 amide bonds. The summed E-state index contributed by atoms with van der Waals surface area (Å²) < 4.78 is 31.7. The number of hydrogen-bond acceptors (Lipinski definition) is 5. The van der Waals surface area contributed by atoms with Crippen LogP contribution >= 0.6 is 0 Å². The highest BCUT2D eigenvalue weighted by molar-refractivity contribution is 7.92. The fourth-order valence-corrected chi connectivity index (χ4v) is 4.29. The molecule has 2 aromatic rings. The van der Waals surface area contributed by atoms with Crippen molar-refractivity contribution in [1.82, 2.24) is 4.90 Å². The number of hydrogen-bond donors (Lipinski definition) is 1. The van der Waals surface area contributed by atoms with Gasteiger partial charge in [0.15, 0.2) is 0 Å². The Morgan fingerprint density at radius 1 is 0.938 bits per heavy atom. The molecular weight excluding hydrogens is 422 g/mol. The van der Waals surface area contributed by atoms with Crippen LogP contribution in [0.25, 0.3) is 0 Å². The Kier molecular flexibility index (Phi) is 10.5. The minimum absolute atomic E-state index is 0.251. The average molecular weight is 462 g/mol. The number of rotatable bonds is 14. The highest BCUT2D eigenvalue weighted by Gasteiger charge is 2.21. The molecule has 0 fully saturated rings. The van der Waals surface area contributed by atoms with Gasteiger partial charge in [0, 0.05) is 31.1 Å². The molecule has 178 valence electrons. The quantitative estimate of drug-likeness (QED) is 0.450. The van der Waals surface area contributed by atoms with E-state index in [1.807, 2.05) is 30.3 Å². The summed E-state index contributed by atoms with van der Waals surface area (Å²) in [4.78, 5) is 4.79. The van der Waals surface area contributed by atoms with Gasteiger partial charge in [-0.25, -0.2) is 8.42 Å². The molecule has 0 aliphatic rings. The Morgan fingerprint density at radius 3 is 2.09 bits per heavy atom. The van der Waals surface area contributed by atoms with E-state index in [2.05, 4.69) is 66.5 Å². The van der Waals surface area contributed by atoms with Crippen molar-refractivity contribution in [2.24, 2.45) is 5.92 Å². The molecule has 0 saturated carbocycles. The van der Waals surface area contributed by atoms with E-state index in [0.29, 0.717) is 18.2 Å². The molecule has 0 aliphatic carbocycles. The van der Waals surface area contributed by atoms with Gasteiger partial charge in [-0.1, -0.05) is 58.0 Å². The molecular formula is C25H39N3O3S. The summed E-state index contributed by atoms with van der Waals surface area (Å²) in [5.41, 5.74) is 2.85. The Hall–Kier alpha value is -2.09. The van der Waals surface area contributed by atoms with Crippen LogP contribution in [0.4, 0.5) is 11.4 Å². The molecule has 0 radical (unpaired) electrons. The summed E-state index contributed by atoms with van der Waals surface area (Å²) in [6.07, 6.45) is 1.16. The highest BCUT2D eigenvalue weighted by atomic mass is 32.2. The zero-order chi connectivity index (χ0) is 23.6. The Balaban J connectivity index is 2.27. The van der Waals surface area contributed by atoms with Crippen molar-refractivity contribution in [3.8, 4) is 0 Å². The topological polar surface area (TPSA) is 61.9 Å². The first kappa shape index (κ1) is 26.2. The van der Waals surface area contributed by atoms with E-state index in [1.165, 1.54) is 5.56 Å². The molecule has 1 unspecified atom stereocenters. The number of benzene rings is 2. The summed E-state index contributed by atoms with van der Waals surface area (Å²) in [5.74, 6) is 0.502. The van der Waals surface area contributed by atoms with Gasteiger partial charge in [-0.15, -0.1) is 0 Å². The first-order valence-electron chi connectivity index (χ1n) is 11.4. The van der Waals surface area contributed by atoms with Gasteiger partial charge in [0.2, 0.25) is 10.0 Å². The lowest BCUT2D eigenvalue weighted by molar-refractivity contribution is 0.0520. The van der Waals surface area contributed by atoms with Gasteiger partial charge in [0.25, 0.3) is 0 Å². The lowest BCUT2D eigenvalue weighted by Gasteiger charge is -2.35. The molecule has 0 saturated heterocycles. The molecule has 2 rings (SSSR count). The third kappa shape index (κ3) is 9.18. The first-order chi connectivity index (χ1) is 15.2. The second-order valence-corrected chi connectivity index (χ2v) is 10.3. The van der Waals surface area contributed by atoms with E-state index in [-0.39, 0.29) is 6.04 Å². The first-order valence-corrected chi connectivity index (χ1v) is 13.3. The number of nitrogens with one attached hydrogen (secondary N) is 1. The van der Waals surface area contributed by atoms with Crippen molar-refractivity contribution in [1.29, 1.82) is 0 Å². The van der Waals surface area contributed by atoms with Gasteiger partial charge in [-0.3, -0.25) is 9.62 Å². The summed E-state index contributed by atoms with van der Waals surface area (Å²) >= 11 is 0. The molecule has 0 aromatic heterocycles. The van der Waals surface area contributed by atoms with Gasteiger partial charge in [-0.05, 0) is 48.8 Å². The molecule has 2 aromatic carbocycles. The number of sulfonamides is 1. The minimum atomic E-state index is -3.30. The predicted octanol–water partition coefficient (Wildman–Crippen LogP) is 4.45. The summed E-state index contributed by atoms with van der Waals surface area (Å²) in [6.45, 7) is 13.6. The van der Waals surface area contributed by atoms with E-state index < -0.39 is 10.0 Å². The van der Waals surface area contributed by atoms with Crippen LogP contribution in [0.1, 0.15) is 33.3 Å². The van der Waals surface area contributed by atoms with Crippen LogP contribution in [0.5, 0.6) is 0 Å². The molecule has 32 heavy (non-hydrogen) atoms. The molecule has 0 spiro atoms. The van der Waals surface area contributed by atoms with Crippen LogP contribution in [0.15, 0.2) is 54.6 Å². The van der Waals surface area contributed by atoms with Crippen LogP contribution in [-0.2, 0) is 21.3 Å². The standard InChI is InChI=1S/C25H39N3O3S/c1-6-27(7-2)25(20-31-19-21(3)4)18-28(17-22-11-9-8-10-12-22)24-15-13-23(14-16-24)26-32(5,29)30/h8-16,21,25-26H,6-7,17-20H2,1-5H3. The van der Waals surface area contributed by atoms with Gasteiger partial charge >= 0.3 is 0 Å². The van der Waals surface area contributed by atoms with E-state index in [0.717, 1.165) is 44.7 Å². The van der Waals surface area contributed by atoms with Gasteiger partial charge in [-0.2, -0.15) is 0 Å². The lowest BCUT2D eigenvalue weighted by Crippen LogP contribution is -2.46. The molecule has 0 aliphatic heterocycles. The number of ether oxygens (including phenoxy) is 1. The zero-order valence-electron chi connectivity index (χ0n) is 20.1. The van der Waals surface area contributed by atoms with Crippen LogP contribution in [0.3, 0.4) is 0 Å². The van der Waals surface area contributed by atoms with E-state index in [4.69, 9.17) is 4.74 Å². The van der Waals surface area contributed by atoms with E-state index >= 15 is 0 Å². The van der Waals surface area contributed by atoms with Gasteiger partial charge in [0.05, 0.1) is 18.9 Å². The SMILES string of the molecule is CCN(CC)C(COCC(C)C)CN(Cc1ccccc1)c1ccc(NS(C)(=O)=O)cc1. The van der Waals surface area contributed by atoms with Crippen molar-refractivity contribution in [2.45, 2.75) is 40.3 Å². The molecule has 1 N–H and O–H groups in total. The fourth-order valence-electron chi connectivity index (χ4n) is 3.73. The van der Waals surface area contributed by atoms with Crippen LogP contribution < -0.4 is 9.62 Å². The number of anilines is 2. The monoisotopic (exact) mass is 461 g/mol. The molecule has 0 bridgehead atoms. The van der Waals surface area contributed by atoms with Crippen molar-refractivity contribution >= 4 is 21.4 Å². The minimum Gasteiger partial charge on any atom is -0.379 e. The summed E-state index contributed by atoms with van der Waals surface area (Å²) in [7, 11) is -3.30. The predicted molar refractivity (Wildman–Crippen MR) is 135 cm³/mol. The molecule has 0 heterocycles. The van der Waals surface area contributed by atoms with Crippen LogP contribution in [-0.4, -0.2) is 58.5 Å². The third-order valence-electron chi connectivity index (χ3n) is 5.27. The van der Waals surface area contributed by atoms with Crippen LogP contribution in [0, 0.1) is 5.92 Å². The second-order valence-electron chi connectivity index (χ2n) is 8.59. The normalized spacial score (nSPS) is 12.8. The second kappa shape index (κ2) is 12.8. The van der Waals surface area contributed by atoms with E-state index in [1.54, 1.807) is 0 Å². The smallest absolute Gasteiger partial charge is 0.229 e. The lowest BCUT2D eigenvalue weighted by atomic mass is 10.1. The highest BCUT2D eigenvalue weighted by Crippen LogP contribution is 2.22. The number of nitrogens with zero attached hydrogens (tertiary/aromatic N) is 2. The van der Waals surface area contributed by atoms with Gasteiger partial charge in [0.1, 0.15) is 0 Å². The van der Waals surface area contributed by atoms with Crippen molar-refractivity contribution in [3.05, 3.63) is 60.2 Å². The Bertz CT molecular complexity index is 882. The van der Waals surface area contributed by atoms with Crippen molar-refractivity contribution in [2.75, 3.05) is 48.7 Å². The average Bonchev–Trinajstić information content (AvgIpc) is 2.74. The van der Waals surface area contributed by atoms with Gasteiger partial charge < -0.3 is 9.64 Å².